The van der Waals surface area contributed by atoms with Gasteiger partial charge in [-0.2, -0.15) is 8.75 Å². The first-order valence-corrected chi connectivity index (χ1v) is 7.86. The van der Waals surface area contributed by atoms with Gasteiger partial charge in [-0.05, 0) is 13.0 Å². The molecule has 24 heavy (non-hydrogen) atoms. The molecule has 11 heteroatoms. The summed E-state index contributed by atoms with van der Waals surface area (Å²) in [5, 5.41) is 9.57. The van der Waals surface area contributed by atoms with E-state index in [4.69, 9.17) is 27.9 Å². The average molecular weight is 391 g/mol. The molecule has 0 aliphatic carbocycles. The lowest BCUT2D eigenvalue weighted by molar-refractivity contribution is -0.137. The van der Waals surface area contributed by atoms with Crippen molar-refractivity contribution >= 4 is 58.7 Å². The Labute approximate surface area is 149 Å². The molecule has 0 saturated heterocycles. The maximum Gasteiger partial charge on any atom is 0.343 e. The Kier molecular flexibility index (Phi) is 6.18. The van der Waals surface area contributed by atoms with Gasteiger partial charge in [0.2, 0.25) is 0 Å². The number of rotatable bonds is 5. The third-order valence-electron chi connectivity index (χ3n) is 2.57. The monoisotopic (exact) mass is 390 g/mol. The summed E-state index contributed by atoms with van der Waals surface area (Å²) < 4.78 is 26.0. The predicted molar refractivity (Wildman–Crippen MR) is 88.5 cm³/mol. The van der Waals surface area contributed by atoms with E-state index in [1.54, 1.807) is 6.92 Å². The molecule has 0 radical (unpaired) electrons. The summed E-state index contributed by atoms with van der Waals surface area (Å²) >= 11 is 12.3. The summed E-state index contributed by atoms with van der Waals surface area (Å²) in [5.74, 6) is -2.23. The number of halogens is 3. The molecular weight excluding hydrogens is 382 g/mol. The standard InChI is InChI=1S/C13H9Cl2FN4O3S/c1-2-23-13(22)7(4-17-9-5-18-24-20-9)10(21)6-3-8(16)12(15)19-11(6)14/h3-5,21H,2H2,1H3. The van der Waals surface area contributed by atoms with Gasteiger partial charge in [0.05, 0.1) is 30.1 Å². The Bertz CT molecular complexity index is 812. The highest BCUT2D eigenvalue weighted by Crippen LogP contribution is 2.27. The van der Waals surface area contributed by atoms with Crippen molar-refractivity contribution < 1.29 is 19.0 Å². The van der Waals surface area contributed by atoms with E-state index in [1.807, 2.05) is 0 Å². The highest BCUT2D eigenvalue weighted by Gasteiger charge is 2.20. The third kappa shape index (κ3) is 4.25. The maximum absolute atomic E-state index is 13.6. The fourth-order valence-electron chi connectivity index (χ4n) is 1.52. The molecule has 0 aliphatic heterocycles. The molecule has 7 nitrogen and oxygen atoms in total. The van der Waals surface area contributed by atoms with Crippen LogP contribution in [0.3, 0.4) is 0 Å². The number of aromatic nitrogens is 3. The second kappa shape index (κ2) is 8.13. The SMILES string of the molecule is CCOC(=O)C(C=Nc1cnsn1)=C(O)c1cc(F)c(Cl)nc1Cl. The van der Waals surface area contributed by atoms with E-state index >= 15 is 0 Å². The number of ether oxygens (including phenoxy) is 1. The third-order valence-corrected chi connectivity index (χ3v) is 3.59. The molecule has 0 unspecified atom stereocenters. The van der Waals surface area contributed by atoms with Crippen LogP contribution in [0.2, 0.25) is 10.3 Å². The van der Waals surface area contributed by atoms with E-state index < -0.39 is 22.7 Å². The Morgan fingerprint density at radius 3 is 2.88 bits per heavy atom. The molecular formula is C13H9Cl2FN4O3S. The molecule has 126 valence electrons. The van der Waals surface area contributed by atoms with Crippen LogP contribution in [0.15, 0.2) is 22.8 Å². The highest BCUT2D eigenvalue weighted by molar-refractivity contribution is 6.99. The van der Waals surface area contributed by atoms with Gasteiger partial charge < -0.3 is 9.84 Å². The molecule has 1 N–H and O–H groups in total. The normalized spacial score (nSPS) is 12.3. The van der Waals surface area contributed by atoms with Gasteiger partial charge in [-0.1, -0.05) is 23.2 Å². The van der Waals surface area contributed by atoms with Gasteiger partial charge >= 0.3 is 5.97 Å². The van der Waals surface area contributed by atoms with Crippen LogP contribution in [-0.4, -0.2) is 37.6 Å². The summed E-state index contributed by atoms with van der Waals surface area (Å²) in [5.41, 5.74) is -0.584. The quantitative estimate of drug-likeness (QED) is 0.275. The minimum atomic E-state index is -0.911. The van der Waals surface area contributed by atoms with Gasteiger partial charge in [0.15, 0.2) is 16.8 Å². The first-order valence-electron chi connectivity index (χ1n) is 6.38. The molecule has 0 aromatic carbocycles. The van der Waals surface area contributed by atoms with Gasteiger partial charge in [-0.25, -0.2) is 19.2 Å². The summed E-state index contributed by atoms with van der Waals surface area (Å²) in [6, 6.07) is 0.852. The van der Waals surface area contributed by atoms with Crippen LogP contribution in [0.5, 0.6) is 0 Å². The van der Waals surface area contributed by atoms with E-state index in [-0.39, 0.29) is 28.7 Å². The summed E-state index contributed by atoms with van der Waals surface area (Å²) in [7, 11) is 0. The van der Waals surface area contributed by atoms with Gasteiger partial charge in [0.25, 0.3) is 0 Å². The molecule has 0 fully saturated rings. The van der Waals surface area contributed by atoms with E-state index in [0.717, 1.165) is 24.0 Å². The van der Waals surface area contributed by atoms with Gasteiger partial charge in [-0.15, -0.1) is 0 Å². The second-order valence-corrected chi connectivity index (χ2v) is 5.38. The van der Waals surface area contributed by atoms with E-state index in [0.29, 0.717) is 0 Å². The molecule has 0 spiro atoms. The Balaban J connectivity index is 2.53. The fraction of sp³-hybridized carbons (Fsp3) is 0.154. The van der Waals surface area contributed by atoms with Crippen molar-refractivity contribution in [1.82, 2.24) is 13.7 Å². The predicted octanol–water partition coefficient (Wildman–Crippen LogP) is 3.61. The number of nitrogens with zero attached hydrogens (tertiary/aromatic N) is 4. The number of aliphatic hydroxyl groups excluding tert-OH is 1. The topological polar surface area (TPSA) is 97.6 Å². The molecule has 0 aliphatic rings. The molecule has 0 atom stereocenters. The molecule has 2 heterocycles. The number of aliphatic hydroxyl groups is 1. The zero-order valence-corrected chi connectivity index (χ0v) is 14.4. The fourth-order valence-corrected chi connectivity index (χ4v) is 2.30. The Morgan fingerprint density at radius 1 is 1.50 bits per heavy atom. The lowest BCUT2D eigenvalue weighted by atomic mass is 10.1. The number of pyridine rings is 1. The smallest absolute Gasteiger partial charge is 0.343 e. The lowest BCUT2D eigenvalue weighted by Crippen LogP contribution is -2.11. The van der Waals surface area contributed by atoms with Crippen molar-refractivity contribution in [2.75, 3.05) is 6.61 Å². The number of hydrogen-bond acceptors (Lipinski definition) is 8. The first kappa shape index (κ1) is 18.2. The van der Waals surface area contributed by atoms with Crippen molar-refractivity contribution in [2.24, 2.45) is 4.99 Å². The number of carbonyl (C=O) groups is 1. The molecule has 0 bridgehead atoms. The largest absolute Gasteiger partial charge is 0.506 e. The molecule has 2 aromatic rings. The van der Waals surface area contributed by atoms with Crippen LogP contribution in [0, 0.1) is 5.82 Å². The van der Waals surface area contributed by atoms with Crippen molar-refractivity contribution in [2.45, 2.75) is 6.92 Å². The number of hydrogen-bond donors (Lipinski definition) is 1. The average Bonchev–Trinajstić information content (AvgIpc) is 3.04. The summed E-state index contributed by atoms with van der Waals surface area (Å²) in [6.07, 6.45) is 2.38. The van der Waals surface area contributed by atoms with E-state index in [2.05, 4.69) is 18.7 Å². The Hall–Kier alpha value is -2.10. The van der Waals surface area contributed by atoms with Crippen molar-refractivity contribution in [1.29, 1.82) is 0 Å². The minimum Gasteiger partial charge on any atom is -0.506 e. The van der Waals surface area contributed by atoms with Gasteiger partial charge in [-0.3, -0.25) is 0 Å². The molecule has 2 rings (SSSR count). The van der Waals surface area contributed by atoms with Crippen LogP contribution in [-0.2, 0) is 9.53 Å². The first-order chi connectivity index (χ1) is 11.4. The van der Waals surface area contributed by atoms with Crippen LogP contribution in [0.25, 0.3) is 5.76 Å². The zero-order valence-electron chi connectivity index (χ0n) is 12.0. The second-order valence-electron chi connectivity index (χ2n) is 4.11. The number of aliphatic imine (C=N–C) groups is 1. The van der Waals surface area contributed by atoms with Crippen molar-refractivity contribution in [3.63, 3.8) is 0 Å². The molecule has 0 amide bonds. The summed E-state index contributed by atoms with van der Waals surface area (Å²) in [4.78, 5) is 19.5. The van der Waals surface area contributed by atoms with E-state index in [9.17, 15) is 14.3 Å². The number of esters is 1. The van der Waals surface area contributed by atoms with E-state index in [1.165, 1.54) is 6.20 Å². The molecule has 0 saturated carbocycles. The van der Waals surface area contributed by atoms with Crippen molar-refractivity contribution in [3.8, 4) is 0 Å². The van der Waals surface area contributed by atoms with Gasteiger partial charge in [0.1, 0.15) is 16.5 Å². The molecule has 2 aromatic heterocycles. The maximum atomic E-state index is 13.6. The van der Waals surface area contributed by atoms with Gasteiger partial charge in [0, 0.05) is 6.21 Å². The summed E-state index contributed by atoms with van der Waals surface area (Å²) in [6.45, 7) is 1.65. The minimum absolute atomic E-state index is 0.0582. The number of carbonyl (C=O) groups excluding carboxylic acids is 1. The van der Waals surface area contributed by atoms with Crippen LogP contribution < -0.4 is 0 Å². The van der Waals surface area contributed by atoms with Crippen LogP contribution in [0.4, 0.5) is 10.2 Å². The van der Waals surface area contributed by atoms with Crippen LogP contribution in [0.1, 0.15) is 12.5 Å². The van der Waals surface area contributed by atoms with Crippen molar-refractivity contribution in [3.05, 3.63) is 39.5 Å². The highest BCUT2D eigenvalue weighted by atomic mass is 35.5. The lowest BCUT2D eigenvalue weighted by Gasteiger charge is -2.08. The zero-order chi connectivity index (χ0) is 17.7. The van der Waals surface area contributed by atoms with Crippen LogP contribution >= 0.6 is 34.9 Å². The Morgan fingerprint density at radius 2 is 2.25 bits per heavy atom.